The van der Waals surface area contributed by atoms with Gasteiger partial charge in [0.2, 0.25) is 5.91 Å². The summed E-state index contributed by atoms with van der Waals surface area (Å²) in [6.45, 7) is 0. The third-order valence-electron chi connectivity index (χ3n) is 1.96. The topological polar surface area (TPSA) is 101 Å². The fourth-order valence-electron chi connectivity index (χ4n) is 1.15. The molecule has 92 valence electrons. The van der Waals surface area contributed by atoms with Gasteiger partial charge in [0.15, 0.2) is 0 Å². The van der Waals surface area contributed by atoms with Gasteiger partial charge >= 0.3 is 11.7 Å². The van der Waals surface area contributed by atoms with Crippen LogP contribution in [0.25, 0.3) is 0 Å². The number of anilines is 1. The molecule has 0 bridgehead atoms. The van der Waals surface area contributed by atoms with Crippen LogP contribution in [0, 0.1) is 0 Å². The molecule has 7 nitrogen and oxygen atoms in total. The third kappa shape index (κ3) is 4.92. The number of nitrogens with one attached hydrogen (secondary N) is 2. The van der Waals surface area contributed by atoms with Crippen molar-refractivity contribution in [2.24, 2.45) is 0 Å². The monoisotopic (exact) mass is 239 g/mol. The fourth-order valence-corrected chi connectivity index (χ4v) is 1.15. The average Bonchev–Trinajstić information content (AvgIpc) is 2.28. The normalized spacial score (nSPS) is 9.71. The van der Waals surface area contributed by atoms with Crippen LogP contribution in [-0.4, -0.2) is 29.0 Å². The Bertz CT molecular complexity index is 455. The van der Waals surface area contributed by atoms with Gasteiger partial charge in [0.05, 0.1) is 7.11 Å². The van der Waals surface area contributed by atoms with Crippen LogP contribution in [-0.2, 0) is 14.3 Å². The first-order valence-corrected chi connectivity index (χ1v) is 5.04. The summed E-state index contributed by atoms with van der Waals surface area (Å²) >= 11 is 0. The van der Waals surface area contributed by atoms with Gasteiger partial charge in [0.25, 0.3) is 0 Å². The molecule has 0 atom stereocenters. The smallest absolute Gasteiger partial charge is 0.346 e. The molecular formula is C10H13N3O4. The van der Waals surface area contributed by atoms with E-state index in [1.165, 1.54) is 19.4 Å². The highest BCUT2D eigenvalue weighted by molar-refractivity contribution is 5.89. The summed E-state index contributed by atoms with van der Waals surface area (Å²) in [5.41, 5.74) is -0.530. The highest BCUT2D eigenvalue weighted by Gasteiger charge is 2.05. The van der Waals surface area contributed by atoms with Crippen molar-refractivity contribution in [3.05, 3.63) is 22.7 Å². The van der Waals surface area contributed by atoms with Crippen LogP contribution >= 0.6 is 0 Å². The number of amides is 1. The number of aromatic amines is 1. The van der Waals surface area contributed by atoms with E-state index in [2.05, 4.69) is 20.0 Å². The largest absolute Gasteiger partial charge is 0.469 e. The number of rotatable bonds is 5. The molecule has 0 spiro atoms. The molecule has 0 fully saturated rings. The zero-order valence-corrected chi connectivity index (χ0v) is 9.36. The van der Waals surface area contributed by atoms with Gasteiger partial charge in [-0.25, -0.2) is 9.78 Å². The van der Waals surface area contributed by atoms with Crippen molar-refractivity contribution in [2.45, 2.75) is 19.3 Å². The highest BCUT2D eigenvalue weighted by Crippen LogP contribution is 2.01. The quantitative estimate of drug-likeness (QED) is 0.707. The standard InChI is InChI=1S/C10H13N3O4/c1-17-9(15)4-2-3-8(14)12-7-5-6-11-10(16)13-7/h5-6H,2-4H2,1H3,(H2,11,12,13,14,16). The predicted molar refractivity (Wildman–Crippen MR) is 59.4 cm³/mol. The molecule has 2 N–H and O–H groups in total. The van der Waals surface area contributed by atoms with Crippen LogP contribution in [0.4, 0.5) is 5.82 Å². The zero-order valence-electron chi connectivity index (χ0n) is 9.36. The predicted octanol–water partition coefficient (Wildman–Crippen LogP) is 0.0517. The van der Waals surface area contributed by atoms with Gasteiger partial charge in [-0.05, 0) is 12.5 Å². The molecule has 0 radical (unpaired) electrons. The Labute approximate surface area is 97.2 Å². The fraction of sp³-hybridized carbons (Fsp3) is 0.400. The lowest BCUT2D eigenvalue weighted by Gasteiger charge is -2.03. The molecular weight excluding hydrogens is 226 g/mol. The molecule has 1 aromatic heterocycles. The van der Waals surface area contributed by atoms with E-state index in [-0.39, 0.29) is 30.5 Å². The summed E-state index contributed by atoms with van der Waals surface area (Å²) in [6.07, 6.45) is 2.06. The van der Waals surface area contributed by atoms with Gasteiger partial charge in [0.1, 0.15) is 5.82 Å². The summed E-state index contributed by atoms with van der Waals surface area (Å²) in [4.78, 5) is 38.8. The minimum Gasteiger partial charge on any atom is -0.469 e. The van der Waals surface area contributed by atoms with Crippen molar-refractivity contribution in [3.8, 4) is 0 Å². The number of nitrogens with zero attached hydrogens (tertiary/aromatic N) is 1. The van der Waals surface area contributed by atoms with E-state index in [1.54, 1.807) is 0 Å². The van der Waals surface area contributed by atoms with Gasteiger partial charge in [-0.1, -0.05) is 0 Å². The summed E-state index contributed by atoms with van der Waals surface area (Å²) in [5, 5.41) is 2.49. The van der Waals surface area contributed by atoms with Crippen molar-refractivity contribution in [2.75, 3.05) is 12.4 Å². The number of hydrogen-bond acceptors (Lipinski definition) is 5. The molecule has 0 saturated carbocycles. The molecule has 0 unspecified atom stereocenters. The number of methoxy groups -OCH3 is 1. The lowest BCUT2D eigenvalue weighted by Crippen LogP contribution is -2.17. The van der Waals surface area contributed by atoms with Crippen LogP contribution in [0.1, 0.15) is 19.3 Å². The van der Waals surface area contributed by atoms with Crippen LogP contribution in [0.3, 0.4) is 0 Å². The second-order valence-electron chi connectivity index (χ2n) is 3.27. The molecule has 17 heavy (non-hydrogen) atoms. The minimum absolute atomic E-state index is 0.180. The number of carbonyl (C=O) groups is 2. The number of H-pyrrole nitrogens is 1. The number of ether oxygens (including phenoxy) is 1. The van der Waals surface area contributed by atoms with Crippen molar-refractivity contribution in [3.63, 3.8) is 0 Å². The number of hydrogen-bond donors (Lipinski definition) is 2. The van der Waals surface area contributed by atoms with Crippen LogP contribution in [0.2, 0.25) is 0 Å². The molecule has 7 heteroatoms. The van der Waals surface area contributed by atoms with Gasteiger partial charge in [-0.2, -0.15) is 0 Å². The number of carbonyl (C=O) groups excluding carboxylic acids is 2. The molecule has 1 amide bonds. The maximum absolute atomic E-state index is 11.4. The van der Waals surface area contributed by atoms with E-state index >= 15 is 0 Å². The molecule has 0 aromatic carbocycles. The van der Waals surface area contributed by atoms with Gasteiger partial charge in [-0.3, -0.25) is 14.6 Å². The minimum atomic E-state index is -0.530. The second-order valence-corrected chi connectivity index (χ2v) is 3.27. The van der Waals surface area contributed by atoms with Crippen LogP contribution < -0.4 is 11.0 Å². The Morgan fingerprint density at radius 3 is 2.88 bits per heavy atom. The lowest BCUT2D eigenvalue weighted by molar-refractivity contribution is -0.140. The van der Waals surface area contributed by atoms with Crippen molar-refractivity contribution < 1.29 is 14.3 Å². The lowest BCUT2D eigenvalue weighted by atomic mass is 10.2. The highest BCUT2D eigenvalue weighted by atomic mass is 16.5. The Kier molecular flexibility index (Phi) is 4.86. The molecule has 0 aliphatic heterocycles. The Balaban J connectivity index is 2.35. The van der Waals surface area contributed by atoms with Crippen molar-refractivity contribution in [1.29, 1.82) is 0 Å². The van der Waals surface area contributed by atoms with Crippen molar-refractivity contribution >= 4 is 17.7 Å². The molecule has 0 aliphatic rings. The first-order chi connectivity index (χ1) is 8.11. The van der Waals surface area contributed by atoms with Gasteiger partial charge in [-0.15, -0.1) is 0 Å². The summed E-state index contributed by atoms with van der Waals surface area (Å²) in [5.74, 6) is -0.348. The maximum atomic E-state index is 11.4. The van der Waals surface area contributed by atoms with E-state index in [9.17, 15) is 14.4 Å². The summed E-state index contributed by atoms with van der Waals surface area (Å²) in [6, 6.07) is 1.47. The first-order valence-electron chi connectivity index (χ1n) is 5.04. The zero-order chi connectivity index (χ0) is 12.7. The summed E-state index contributed by atoms with van der Waals surface area (Å²) < 4.78 is 4.44. The third-order valence-corrected chi connectivity index (χ3v) is 1.96. The molecule has 0 saturated heterocycles. The Morgan fingerprint density at radius 1 is 1.47 bits per heavy atom. The van der Waals surface area contributed by atoms with Gasteiger partial charge < -0.3 is 10.1 Å². The maximum Gasteiger partial charge on any atom is 0.346 e. The van der Waals surface area contributed by atoms with Gasteiger partial charge in [0, 0.05) is 19.0 Å². The Hall–Kier alpha value is -2.18. The van der Waals surface area contributed by atoms with E-state index in [0.717, 1.165) is 0 Å². The number of esters is 1. The summed E-state index contributed by atoms with van der Waals surface area (Å²) in [7, 11) is 1.30. The number of aromatic nitrogens is 2. The SMILES string of the molecule is COC(=O)CCCC(=O)Nc1ccnc(=O)[nH]1. The van der Waals surface area contributed by atoms with E-state index in [1.807, 2.05) is 0 Å². The molecule has 1 aromatic rings. The molecule has 1 rings (SSSR count). The Morgan fingerprint density at radius 2 is 2.24 bits per heavy atom. The average molecular weight is 239 g/mol. The first kappa shape index (κ1) is 12.9. The van der Waals surface area contributed by atoms with E-state index in [0.29, 0.717) is 6.42 Å². The second kappa shape index (κ2) is 6.41. The van der Waals surface area contributed by atoms with Crippen LogP contribution in [0.5, 0.6) is 0 Å². The van der Waals surface area contributed by atoms with Crippen molar-refractivity contribution in [1.82, 2.24) is 9.97 Å². The van der Waals surface area contributed by atoms with Crippen LogP contribution in [0.15, 0.2) is 17.1 Å². The molecule has 1 heterocycles. The molecule has 0 aliphatic carbocycles. The van der Waals surface area contributed by atoms with E-state index in [4.69, 9.17) is 0 Å². The van der Waals surface area contributed by atoms with E-state index < -0.39 is 5.69 Å².